The highest BCUT2D eigenvalue weighted by Crippen LogP contribution is 2.14. The summed E-state index contributed by atoms with van der Waals surface area (Å²) >= 11 is 8.22. The molecule has 0 aliphatic carbocycles. The number of rotatable bonds is 4. The summed E-state index contributed by atoms with van der Waals surface area (Å²) in [5.74, 6) is 0.764. The summed E-state index contributed by atoms with van der Waals surface area (Å²) in [6.45, 7) is 0.430. The maximum Gasteiger partial charge on any atom is 0.130 e. The molecule has 1 aromatic heterocycles. The van der Waals surface area contributed by atoms with Gasteiger partial charge in [0.25, 0.3) is 0 Å². The van der Waals surface area contributed by atoms with E-state index in [9.17, 15) is 0 Å². The summed E-state index contributed by atoms with van der Waals surface area (Å²) in [7, 11) is 0. The first-order valence-corrected chi connectivity index (χ1v) is 6.48. The van der Waals surface area contributed by atoms with Gasteiger partial charge in [0.15, 0.2) is 0 Å². The Kier molecular flexibility index (Phi) is 4.28. The van der Waals surface area contributed by atoms with E-state index < -0.39 is 0 Å². The van der Waals surface area contributed by atoms with Crippen molar-refractivity contribution >= 4 is 33.1 Å². The minimum absolute atomic E-state index is 0.385. The van der Waals surface area contributed by atoms with Crippen molar-refractivity contribution in [2.45, 2.75) is 6.61 Å². The van der Waals surface area contributed by atoms with Gasteiger partial charge in [0.2, 0.25) is 0 Å². The molecule has 0 saturated carbocycles. The molecule has 18 heavy (non-hydrogen) atoms. The number of ether oxygens (including phenoxy) is 1. The largest absolute Gasteiger partial charge is 0.487 e. The number of pyridine rings is 1. The molecule has 0 fully saturated rings. The molecule has 0 aliphatic heterocycles. The van der Waals surface area contributed by atoms with Crippen LogP contribution in [0.15, 0.2) is 47.1 Å². The number of hydrogen-bond donors (Lipinski definition) is 1. The van der Waals surface area contributed by atoms with Crippen molar-refractivity contribution in [2.75, 3.05) is 0 Å². The molecule has 1 aromatic carbocycles. The van der Waals surface area contributed by atoms with Crippen LogP contribution in [0.4, 0.5) is 0 Å². The second kappa shape index (κ2) is 5.93. The zero-order chi connectivity index (χ0) is 13.0. The molecule has 92 valence electrons. The normalized spacial score (nSPS) is 10.1. The van der Waals surface area contributed by atoms with Crippen molar-refractivity contribution in [3.05, 3.63) is 58.3 Å². The van der Waals surface area contributed by atoms with E-state index in [2.05, 4.69) is 20.9 Å². The predicted molar refractivity (Wildman–Crippen MR) is 78.6 cm³/mol. The van der Waals surface area contributed by atoms with E-state index in [4.69, 9.17) is 22.7 Å². The van der Waals surface area contributed by atoms with Crippen molar-refractivity contribution in [2.24, 2.45) is 5.73 Å². The molecule has 0 atom stereocenters. The maximum absolute atomic E-state index is 5.60. The van der Waals surface area contributed by atoms with Gasteiger partial charge >= 0.3 is 0 Å². The quantitative estimate of drug-likeness (QED) is 0.879. The third-order valence-corrected chi connectivity index (χ3v) is 3.02. The fourth-order valence-corrected chi connectivity index (χ4v) is 1.74. The van der Waals surface area contributed by atoms with E-state index in [0.29, 0.717) is 11.6 Å². The molecule has 2 aromatic rings. The predicted octanol–water partition coefficient (Wildman–Crippen LogP) is 3.06. The van der Waals surface area contributed by atoms with Gasteiger partial charge in [0.05, 0.1) is 5.69 Å². The molecule has 0 saturated heterocycles. The van der Waals surface area contributed by atoms with Crippen molar-refractivity contribution < 1.29 is 4.74 Å². The first kappa shape index (κ1) is 13.0. The van der Waals surface area contributed by atoms with Crippen molar-refractivity contribution in [3.8, 4) is 5.75 Å². The molecular formula is C13H11BrN2OS. The molecule has 0 aliphatic rings. The number of nitrogens with zero attached hydrogens (tertiary/aromatic N) is 1. The summed E-state index contributed by atoms with van der Waals surface area (Å²) in [4.78, 5) is 4.61. The summed E-state index contributed by atoms with van der Waals surface area (Å²) < 4.78 is 6.56. The Bertz CT molecular complexity index is 540. The van der Waals surface area contributed by atoms with Gasteiger partial charge in [-0.2, -0.15) is 0 Å². The fraction of sp³-hybridized carbons (Fsp3) is 0.0769. The summed E-state index contributed by atoms with van der Waals surface area (Å²) in [5, 5.41) is 0. The van der Waals surface area contributed by atoms with Crippen LogP contribution in [0.2, 0.25) is 0 Å². The Morgan fingerprint density at radius 2 is 1.94 bits per heavy atom. The lowest BCUT2D eigenvalue weighted by Gasteiger charge is -2.06. The Hall–Kier alpha value is -1.46. The summed E-state index contributed by atoms with van der Waals surface area (Å²) in [6.07, 6.45) is 1.74. The summed E-state index contributed by atoms with van der Waals surface area (Å²) in [6, 6.07) is 11.2. The number of halogens is 1. The van der Waals surface area contributed by atoms with Crippen LogP contribution in [0.3, 0.4) is 0 Å². The van der Waals surface area contributed by atoms with E-state index in [1.807, 2.05) is 36.4 Å². The van der Waals surface area contributed by atoms with Gasteiger partial charge in [-0.05, 0) is 52.3 Å². The van der Waals surface area contributed by atoms with Crippen LogP contribution in [-0.2, 0) is 6.61 Å². The average molecular weight is 323 g/mol. The topological polar surface area (TPSA) is 48.1 Å². The monoisotopic (exact) mass is 322 g/mol. The molecular weight excluding hydrogens is 312 g/mol. The number of hydrogen-bond acceptors (Lipinski definition) is 3. The second-order valence-corrected chi connectivity index (χ2v) is 5.00. The lowest BCUT2D eigenvalue weighted by molar-refractivity contribution is 0.301. The molecule has 2 N–H and O–H groups in total. The Balaban J connectivity index is 1.97. The van der Waals surface area contributed by atoms with Crippen LogP contribution in [0.25, 0.3) is 0 Å². The molecule has 1 heterocycles. The fourth-order valence-electron chi connectivity index (χ4n) is 1.36. The van der Waals surface area contributed by atoms with Crippen LogP contribution in [-0.4, -0.2) is 9.97 Å². The SMILES string of the molecule is NC(=S)c1ccc(OCc2ccc(Br)cn2)cc1. The lowest BCUT2D eigenvalue weighted by atomic mass is 10.2. The molecule has 0 bridgehead atoms. The third-order valence-electron chi connectivity index (χ3n) is 2.31. The third kappa shape index (κ3) is 3.51. The molecule has 2 rings (SSSR count). The van der Waals surface area contributed by atoms with Crippen LogP contribution < -0.4 is 10.5 Å². The van der Waals surface area contributed by atoms with Crippen LogP contribution >= 0.6 is 28.1 Å². The van der Waals surface area contributed by atoms with Gasteiger partial charge in [-0.3, -0.25) is 4.98 Å². The van der Waals surface area contributed by atoms with Crippen LogP contribution in [0, 0.1) is 0 Å². The highest BCUT2D eigenvalue weighted by atomic mass is 79.9. The van der Waals surface area contributed by atoms with Crippen LogP contribution in [0.5, 0.6) is 5.75 Å². The summed E-state index contributed by atoms with van der Waals surface area (Å²) in [5.41, 5.74) is 7.22. The first-order chi connectivity index (χ1) is 8.65. The lowest BCUT2D eigenvalue weighted by Crippen LogP contribution is -2.08. The van der Waals surface area contributed by atoms with E-state index in [1.165, 1.54) is 0 Å². The van der Waals surface area contributed by atoms with Gasteiger partial charge in [-0.15, -0.1) is 0 Å². The average Bonchev–Trinajstić information content (AvgIpc) is 2.38. The van der Waals surface area contributed by atoms with Crippen molar-refractivity contribution in [1.29, 1.82) is 0 Å². The standard InChI is InChI=1S/C13H11BrN2OS/c14-10-3-4-11(16-7-10)8-17-12-5-1-9(2-6-12)13(15)18/h1-7H,8H2,(H2,15,18). The van der Waals surface area contributed by atoms with E-state index in [0.717, 1.165) is 21.5 Å². The number of aromatic nitrogens is 1. The number of nitrogens with two attached hydrogens (primary N) is 1. The van der Waals surface area contributed by atoms with Gasteiger partial charge in [-0.25, -0.2) is 0 Å². The van der Waals surface area contributed by atoms with Crippen molar-refractivity contribution in [3.63, 3.8) is 0 Å². The Morgan fingerprint density at radius 1 is 1.22 bits per heavy atom. The van der Waals surface area contributed by atoms with Crippen LogP contribution in [0.1, 0.15) is 11.3 Å². The first-order valence-electron chi connectivity index (χ1n) is 5.28. The zero-order valence-electron chi connectivity index (χ0n) is 9.47. The van der Waals surface area contributed by atoms with E-state index >= 15 is 0 Å². The molecule has 3 nitrogen and oxygen atoms in total. The molecule has 5 heteroatoms. The van der Waals surface area contributed by atoms with Gasteiger partial charge in [0, 0.05) is 16.2 Å². The van der Waals surface area contributed by atoms with Crippen molar-refractivity contribution in [1.82, 2.24) is 4.98 Å². The maximum atomic E-state index is 5.60. The van der Waals surface area contributed by atoms with Gasteiger partial charge in [-0.1, -0.05) is 12.2 Å². The molecule has 0 spiro atoms. The highest BCUT2D eigenvalue weighted by molar-refractivity contribution is 9.10. The van der Waals surface area contributed by atoms with E-state index in [-0.39, 0.29) is 0 Å². The number of thiocarbonyl (C=S) groups is 1. The molecule has 0 amide bonds. The second-order valence-electron chi connectivity index (χ2n) is 3.65. The minimum Gasteiger partial charge on any atom is -0.487 e. The smallest absolute Gasteiger partial charge is 0.130 e. The molecule has 0 radical (unpaired) electrons. The van der Waals surface area contributed by atoms with Gasteiger partial charge in [0.1, 0.15) is 17.3 Å². The Morgan fingerprint density at radius 3 is 2.50 bits per heavy atom. The highest BCUT2D eigenvalue weighted by Gasteiger charge is 1.99. The molecule has 0 unspecified atom stereocenters. The zero-order valence-corrected chi connectivity index (χ0v) is 11.9. The number of benzene rings is 1. The minimum atomic E-state index is 0.385. The Labute approximate surface area is 119 Å². The van der Waals surface area contributed by atoms with E-state index in [1.54, 1.807) is 6.20 Å². The van der Waals surface area contributed by atoms with Gasteiger partial charge < -0.3 is 10.5 Å².